The number of nitrogens with one attached hydrogen (secondary N) is 1. The largest absolute Gasteiger partial charge is 0.308 e. The molecule has 3 rings (SSSR count). The second-order valence-corrected chi connectivity index (χ2v) is 7.22. The number of rotatable bonds is 4. The van der Waals surface area contributed by atoms with Crippen molar-refractivity contribution in [3.05, 3.63) is 0 Å². The second kappa shape index (κ2) is 5.13. The van der Waals surface area contributed by atoms with Gasteiger partial charge < -0.3 is 5.32 Å². The summed E-state index contributed by atoms with van der Waals surface area (Å²) in [5, 5.41) is 3.95. The molecule has 1 spiro atoms. The lowest BCUT2D eigenvalue weighted by atomic mass is 9.90. The monoisotopic (exact) mass is 250 g/mol. The van der Waals surface area contributed by atoms with Gasteiger partial charge in [-0.3, -0.25) is 4.90 Å². The first-order valence-corrected chi connectivity index (χ1v) is 8.21. The molecule has 2 unspecified atom stereocenters. The van der Waals surface area contributed by atoms with E-state index in [1.54, 1.807) is 0 Å². The van der Waals surface area contributed by atoms with Gasteiger partial charge in [0.1, 0.15) is 0 Å². The van der Waals surface area contributed by atoms with Gasteiger partial charge in [-0.05, 0) is 37.5 Å². The van der Waals surface area contributed by atoms with Crippen molar-refractivity contribution in [3.8, 4) is 0 Å². The number of nitrogens with zero attached hydrogens (tertiary/aromatic N) is 1. The van der Waals surface area contributed by atoms with Crippen molar-refractivity contribution in [3.63, 3.8) is 0 Å². The third kappa shape index (κ3) is 2.60. The Morgan fingerprint density at radius 3 is 2.61 bits per heavy atom. The van der Waals surface area contributed by atoms with E-state index in [0.717, 1.165) is 17.9 Å². The van der Waals surface area contributed by atoms with Crippen LogP contribution in [0.15, 0.2) is 0 Å². The van der Waals surface area contributed by atoms with Gasteiger partial charge in [-0.2, -0.15) is 0 Å². The molecule has 0 amide bonds. The van der Waals surface area contributed by atoms with Crippen LogP contribution in [0.25, 0.3) is 0 Å². The van der Waals surface area contributed by atoms with Crippen LogP contribution in [0.3, 0.4) is 0 Å². The van der Waals surface area contributed by atoms with E-state index in [2.05, 4.69) is 24.1 Å². The van der Waals surface area contributed by atoms with Crippen LogP contribution < -0.4 is 5.32 Å². The Kier molecular flexibility index (Phi) is 3.68. The summed E-state index contributed by atoms with van der Waals surface area (Å²) in [5.41, 5.74) is 0.499. The fourth-order valence-electron chi connectivity index (χ4n) is 4.07. The zero-order chi connectivity index (χ0) is 12.6. The van der Waals surface area contributed by atoms with Crippen molar-refractivity contribution in [2.75, 3.05) is 19.6 Å². The normalized spacial score (nSPS) is 34.0. The van der Waals surface area contributed by atoms with Crippen LogP contribution >= 0.6 is 0 Å². The summed E-state index contributed by atoms with van der Waals surface area (Å²) in [6.45, 7) is 8.69. The molecule has 2 atom stereocenters. The zero-order valence-corrected chi connectivity index (χ0v) is 12.3. The van der Waals surface area contributed by atoms with E-state index in [1.807, 2.05) is 0 Å². The number of hydrogen-bond donors (Lipinski definition) is 1. The van der Waals surface area contributed by atoms with Crippen LogP contribution in [0.1, 0.15) is 58.8 Å². The topological polar surface area (TPSA) is 15.3 Å². The maximum atomic E-state index is 3.95. The average molecular weight is 250 g/mol. The molecule has 2 aliphatic carbocycles. The predicted octanol–water partition coefficient (Wildman–Crippen LogP) is 3.03. The van der Waals surface area contributed by atoms with Crippen LogP contribution in [0.2, 0.25) is 0 Å². The predicted molar refractivity (Wildman–Crippen MR) is 76.7 cm³/mol. The molecule has 1 saturated heterocycles. The lowest BCUT2D eigenvalue weighted by molar-refractivity contribution is 0.0571. The summed E-state index contributed by atoms with van der Waals surface area (Å²) in [4.78, 5) is 2.87. The zero-order valence-electron chi connectivity index (χ0n) is 12.3. The van der Waals surface area contributed by atoms with Crippen molar-refractivity contribution in [1.29, 1.82) is 0 Å². The van der Waals surface area contributed by atoms with Crippen molar-refractivity contribution in [1.82, 2.24) is 10.2 Å². The minimum Gasteiger partial charge on any atom is -0.308 e. The van der Waals surface area contributed by atoms with E-state index in [1.165, 1.54) is 64.6 Å². The highest BCUT2D eigenvalue weighted by Gasteiger charge is 2.45. The average Bonchev–Trinajstić information content (AvgIpc) is 3.11. The van der Waals surface area contributed by atoms with Gasteiger partial charge in [0.15, 0.2) is 0 Å². The minimum atomic E-state index is 0.499. The molecule has 1 heterocycles. The van der Waals surface area contributed by atoms with Crippen molar-refractivity contribution in [2.45, 2.75) is 70.4 Å². The molecule has 2 nitrogen and oxygen atoms in total. The minimum absolute atomic E-state index is 0.499. The Morgan fingerprint density at radius 2 is 2.00 bits per heavy atom. The van der Waals surface area contributed by atoms with Gasteiger partial charge in [-0.25, -0.2) is 0 Å². The second-order valence-electron chi connectivity index (χ2n) is 7.22. The Bertz CT molecular complexity index is 279. The fraction of sp³-hybridized carbons (Fsp3) is 1.00. The van der Waals surface area contributed by atoms with Gasteiger partial charge in [0.05, 0.1) is 0 Å². The van der Waals surface area contributed by atoms with E-state index < -0.39 is 0 Å². The van der Waals surface area contributed by atoms with Gasteiger partial charge in [0, 0.05) is 31.2 Å². The molecular formula is C16H30N2. The highest BCUT2D eigenvalue weighted by molar-refractivity contribution is 5.04. The van der Waals surface area contributed by atoms with Gasteiger partial charge in [0.2, 0.25) is 0 Å². The van der Waals surface area contributed by atoms with Crippen LogP contribution in [0, 0.1) is 11.8 Å². The maximum absolute atomic E-state index is 3.95. The molecule has 0 aromatic rings. The Hall–Kier alpha value is -0.0800. The van der Waals surface area contributed by atoms with E-state index in [-0.39, 0.29) is 0 Å². The first-order chi connectivity index (χ1) is 8.72. The number of hydrogen-bond acceptors (Lipinski definition) is 2. The van der Waals surface area contributed by atoms with E-state index in [4.69, 9.17) is 0 Å². The van der Waals surface area contributed by atoms with Crippen molar-refractivity contribution in [2.24, 2.45) is 11.8 Å². The van der Waals surface area contributed by atoms with E-state index in [0.29, 0.717) is 5.54 Å². The summed E-state index contributed by atoms with van der Waals surface area (Å²) in [6, 6.07) is 0.852. The van der Waals surface area contributed by atoms with E-state index >= 15 is 0 Å². The van der Waals surface area contributed by atoms with Crippen LogP contribution in [-0.2, 0) is 0 Å². The fourth-order valence-corrected chi connectivity index (χ4v) is 4.07. The molecular weight excluding hydrogens is 220 g/mol. The lowest BCUT2D eigenvalue weighted by Gasteiger charge is -2.47. The third-order valence-electron chi connectivity index (χ3n) is 5.63. The van der Waals surface area contributed by atoms with Gasteiger partial charge in [-0.1, -0.05) is 33.1 Å². The van der Waals surface area contributed by atoms with E-state index in [9.17, 15) is 0 Å². The van der Waals surface area contributed by atoms with Gasteiger partial charge in [0.25, 0.3) is 0 Å². The van der Waals surface area contributed by atoms with Gasteiger partial charge in [-0.15, -0.1) is 0 Å². The molecule has 0 aromatic carbocycles. The standard InChI is InChI=1S/C16H30N2/c1-3-13(2)11-18-12-16(8-4-5-9-16)17-10-15(18)14-6-7-14/h13-15,17H,3-12H2,1-2H3. The number of piperazine rings is 1. The van der Waals surface area contributed by atoms with Crippen LogP contribution in [0.4, 0.5) is 0 Å². The van der Waals surface area contributed by atoms with Crippen LogP contribution in [-0.4, -0.2) is 36.1 Å². The maximum Gasteiger partial charge on any atom is 0.0309 e. The summed E-state index contributed by atoms with van der Waals surface area (Å²) in [7, 11) is 0. The smallest absolute Gasteiger partial charge is 0.0309 e. The molecule has 2 saturated carbocycles. The molecule has 0 radical (unpaired) electrons. The highest BCUT2D eigenvalue weighted by atomic mass is 15.3. The molecule has 0 aromatic heterocycles. The summed E-state index contributed by atoms with van der Waals surface area (Å²) in [6.07, 6.45) is 10.0. The summed E-state index contributed by atoms with van der Waals surface area (Å²) < 4.78 is 0. The quantitative estimate of drug-likeness (QED) is 0.825. The molecule has 104 valence electrons. The Morgan fingerprint density at radius 1 is 1.28 bits per heavy atom. The first-order valence-electron chi connectivity index (χ1n) is 8.21. The first kappa shape index (κ1) is 12.9. The van der Waals surface area contributed by atoms with Crippen molar-refractivity contribution >= 4 is 0 Å². The molecule has 1 N–H and O–H groups in total. The summed E-state index contributed by atoms with van der Waals surface area (Å²) in [5.74, 6) is 1.88. The lowest BCUT2D eigenvalue weighted by Crippen LogP contribution is -2.64. The molecule has 3 aliphatic rings. The molecule has 0 bridgehead atoms. The summed E-state index contributed by atoms with van der Waals surface area (Å²) >= 11 is 0. The Labute approximate surface area is 113 Å². The molecule has 3 fully saturated rings. The third-order valence-corrected chi connectivity index (χ3v) is 5.63. The van der Waals surface area contributed by atoms with Gasteiger partial charge >= 0.3 is 0 Å². The molecule has 1 aliphatic heterocycles. The highest BCUT2D eigenvalue weighted by Crippen LogP contribution is 2.40. The Balaban J connectivity index is 1.67. The molecule has 2 heteroatoms. The van der Waals surface area contributed by atoms with Crippen molar-refractivity contribution < 1.29 is 0 Å². The molecule has 18 heavy (non-hydrogen) atoms. The SMILES string of the molecule is CCC(C)CN1CC2(CCCC2)NCC1C1CC1. The van der Waals surface area contributed by atoms with Crippen LogP contribution in [0.5, 0.6) is 0 Å².